The molecule has 1 aromatic carbocycles. The van der Waals surface area contributed by atoms with Crippen molar-refractivity contribution in [1.29, 1.82) is 0 Å². The van der Waals surface area contributed by atoms with E-state index in [1.54, 1.807) is 27.9 Å². The summed E-state index contributed by atoms with van der Waals surface area (Å²) in [5.74, 6) is 0. The van der Waals surface area contributed by atoms with E-state index >= 15 is 0 Å². The fourth-order valence-electron chi connectivity index (χ4n) is 3.91. The number of carbonyl (C=O) groups excluding carboxylic acids is 1. The predicted molar refractivity (Wildman–Crippen MR) is 81.0 cm³/mol. The summed E-state index contributed by atoms with van der Waals surface area (Å²) in [7, 11) is 0. The van der Waals surface area contributed by atoms with E-state index in [0.717, 1.165) is 38.4 Å². The Morgan fingerprint density at radius 3 is 2.54 bits per heavy atom. The molecule has 0 unspecified atom stereocenters. The normalized spacial score (nSPS) is 19.9. The smallest absolute Gasteiger partial charge is 0.344 e. The zero-order valence-electron chi connectivity index (χ0n) is 12.8. The molecule has 1 aromatic heterocycles. The number of amides is 1. The lowest BCUT2D eigenvalue weighted by Gasteiger charge is -2.57. The number of hydrogen-bond acceptors (Lipinski definition) is 2. The van der Waals surface area contributed by atoms with Gasteiger partial charge in [0.15, 0.2) is 0 Å². The lowest BCUT2D eigenvalue weighted by Crippen LogP contribution is -2.61. The van der Waals surface area contributed by atoms with Crippen LogP contribution in [0.5, 0.6) is 0 Å². The van der Waals surface area contributed by atoms with Crippen LogP contribution in [0.3, 0.4) is 0 Å². The van der Waals surface area contributed by atoms with Crippen molar-refractivity contribution in [1.82, 2.24) is 14.7 Å². The Morgan fingerprint density at radius 2 is 1.88 bits per heavy atom. The number of likely N-dealkylation sites (tertiary alicyclic amines) is 1. The summed E-state index contributed by atoms with van der Waals surface area (Å²) in [6, 6.07) is 7.33. The molecule has 24 heavy (non-hydrogen) atoms. The molecule has 1 spiro atoms. The summed E-state index contributed by atoms with van der Waals surface area (Å²) in [5, 5.41) is 4.37. The number of carbonyl (C=O) groups is 1. The van der Waals surface area contributed by atoms with Crippen molar-refractivity contribution in [3.63, 3.8) is 0 Å². The predicted octanol–water partition coefficient (Wildman–Crippen LogP) is 3.36. The van der Waals surface area contributed by atoms with Gasteiger partial charge in [-0.15, -0.1) is 0 Å². The van der Waals surface area contributed by atoms with Crippen LogP contribution in [0.25, 0.3) is 11.3 Å². The third-order valence-electron chi connectivity index (χ3n) is 5.05. The molecule has 1 aliphatic carbocycles. The zero-order chi connectivity index (χ0) is 16.9. The second kappa shape index (κ2) is 5.09. The quantitative estimate of drug-likeness (QED) is 0.807. The molecule has 0 bridgehead atoms. The molecule has 4 nitrogen and oxygen atoms in total. The van der Waals surface area contributed by atoms with Gasteiger partial charge < -0.3 is 4.90 Å². The van der Waals surface area contributed by atoms with Crippen LogP contribution in [0.15, 0.2) is 36.5 Å². The summed E-state index contributed by atoms with van der Waals surface area (Å²) >= 11 is 0. The van der Waals surface area contributed by atoms with Crippen molar-refractivity contribution in [2.75, 3.05) is 13.1 Å². The van der Waals surface area contributed by atoms with Crippen LogP contribution in [0, 0.1) is 5.41 Å². The van der Waals surface area contributed by atoms with Gasteiger partial charge in [-0.1, -0.05) is 18.2 Å². The zero-order valence-corrected chi connectivity index (χ0v) is 12.8. The molecule has 1 saturated carbocycles. The maximum atomic E-state index is 13.1. The van der Waals surface area contributed by atoms with Gasteiger partial charge in [-0.05, 0) is 25.0 Å². The van der Waals surface area contributed by atoms with Crippen molar-refractivity contribution in [2.24, 2.45) is 5.41 Å². The molecule has 0 N–H and O–H groups in total. The van der Waals surface area contributed by atoms with Gasteiger partial charge in [-0.2, -0.15) is 18.3 Å². The van der Waals surface area contributed by atoms with Crippen molar-refractivity contribution < 1.29 is 18.0 Å². The average molecular weight is 335 g/mol. The van der Waals surface area contributed by atoms with Gasteiger partial charge >= 0.3 is 6.18 Å². The van der Waals surface area contributed by atoms with Gasteiger partial charge in [0.05, 0.1) is 17.3 Å². The second-order valence-corrected chi connectivity index (χ2v) is 6.80. The fourth-order valence-corrected chi connectivity index (χ4v) is 3.91. The van der Waals surface area contributed by atoms with Gasteiger partial charge in [0.1, 0.15) is 0 Å². The first kappa shape index (κ1) is 15.2. The van der Waals surface area contributed by atoms with Crippen LogP contribution < -0.4 is 0 Å². The third kappa shape index (κ3) is 2.39. The van der Waals surface area contributed by atoms with E-state index in [1.807, 2.05) is 0 Å². The number of hydrogen-bond donors (Lipinski definition) is 0. The second-order valence-electron chi connectivity index (χ2n) is 6.80. The van der Waals surface area contributed by atoms with Crippen LogP contribution in [0.2, 0.25) is 0 Å². The van der Waals surface area contributed by atoms with E-state index in [9.17, 15) is 18.0 Å². The average Bonchev–Trinajstić information content (AvgIpc) is 2.93. The Hall–Kier alpha value is -2.31. The van der Waals surface area contributed by atoms with Crippen LogP contribution in [0.1, 0.15) is 24.4 Å². The highest BCUT2D eigenvalue weighted by molar-refractivity contribution is 5.64. The first-order chi connectivity index (χ1) is 11.4. The molecule has 2 aromatic rings. The van der Waals surface area contributed by atoms with E-state index in [0.29, 0.717) is 5.69 Å². The number of aromatic nitrogens is 2. The Balaban J connectivity index is 1.52. The van der Waals surface area contributed by atoms with Gasteiger partial charge in [-0.25, -0.2) is 0 Å². The standard InChI is InChI=1S/C17H16F3N3O/c18-17(19,20)14-4-2-1-3-13(14)15-5-6-23(21-15)12-7-16(8-12)9-22(10-16)11-24/h1-6,11-12H,7-10H2. The van der Waals surface area contributed by atoms with Gasteiger partial charge in [0.25, 0.3) is 0 Å². The first-order valence-electron chi connectivity index (χ1n) is 7.81. The van der Waals surface area contributed by atoms with E-state index in [1.165, 1.54) is 12.1 Å². The maximum absolute atomic E-state index is 13.1. The third-order valence-corrected chi connectivity index (χ3v) is 5.05. The SMILES string of the molecule is O=CN1CC2(CC(n3ccc(-c4ccccc4C(F)(F)F)n3)C2)C1. The maximum Gasteiger partial charge on any atom is 0.417 e. The van der Waals surface area contributed by atoms with Crippen LogP contribution in [-0.2, 0) is 11.0 Å². The van der Waals surface area contributed by atoms with E-state index in [2.05, 4.69) is 5.10 Å². The van der Waals surface area contributed by atoms with Crippen molar-refractivity contribution in [3.8, 4) is 11.3 Å². The van der Waals surface area contributed by atoms with Crippen LogP contribution in [0.4, 0.5) is 13.2 Å². The fraction of sp³-hybridized carbons (Fsp3) is 0.412. The van der Waals surface area contributed by atoms with Gasteiger partial charge in [0.2, 0.25) is 6.41 Å². The number of halogens is 3. The highest BCUT2D eigenvalue weighted by Gasteiger charge is 2.52. The van der Waals surface area contributed by atoms with E-state index in [4.69, 9.17) is 0 Å². The minimum atomic E-state index is -4.40. The molecule has 1 amide bonds. The lowest BCUT2D eigenvalue weighted by molar-refractivity contribution is -0.140. The lowest BCUT2D eigenvalue weighted by atomic mass is 9.61. The molecule has 2 fully saturated rings. The summed E-state index contributed by atoms with van der Waals surface area (Å²) in [5.41, 5.74) is -0.0248. The molecule has 0 radical (unpaired) electrons. The molecule has 126 valence electrons. The van der Waals surface area contributed by atoms with Crippen molar-refractivity contribution in [2.45, 2.75) is 25.1 Å². The minimum Gasteiger partial charge on any atom is -0.344 e. The first-order valence-corrected chi connectivity index (χ1v) is 7.81. The molecule has 2 aliphatic rings. The van der Waals surface area contributed by atoms with E-state index in [-0.39, 0.29) is 17.0 Å². The van der Waals surface area contributed by atoms with Crippen molar-refractivity contribution in [3.05, 3.63) is 42.1 Å². The minimum absolute atomic E-state index is 0.105. The summed E-state index contributed by atoms with van der Waals surface area (Å²) in [4.78, 5) is 12.4. The van der Waals surface area contributed by atoms with Crippen molar-refractivity contribution >= 4 is 6.41 Å². The number of nitrogens with zero attached hydrogens (tertiary/aromatic N) is 3. The molecule has 4 rings (SSSR count). The molecular formula is C17H16F3N3O. The van der Waals surface area contributed by atoms with Crippen LogP contribution in [-0.4, -0.2) is 34.2 Å². The molecule has 0 atom stereocenters. The molecule has 1 saturated heterocycles. The Morgan fingerprint density at radius 1 is 1.17 bits per heavy atom. The monoisotopic (exact) mass is 335 g/mol. The number of alkyl halides is 3. The van der Waals surface area contributed by atoms with Crippen LogP contribution >= 0.6 is 0 Å². The Labute approximate surface area is 136 Å². The Bertz CT molecular complexity index is 769. The highest BCUT2D eigenvalue weighted by Crippen LogP contribution is 2.53. The Kier molecular flexibility index (Phi) is 3.23. The topological polar surface area (TPSA) is 38.1 Å². The van der Waals surface area contributed by atoms with Gasteiger partial charge in [-0.3, -0.25) is 9.48 Å². The summed E-state index contributed by atoms with van der Waals surface area (Å²) < 4.78 is 41.2. The number of rotatable bonds is 3. The number of benzene rings is 1. The van der Waals surface area contributed by atoms with Gasteiger partial charge in [0, 0.05) is 30.3 Å². The largest absolute Gasteiger partial charge is 0.417 e. The molecule has 1 aliphatic heterocycles. The molecule has 7 heteroatoms. The highest BCUT2D eigenvalue weighted by atomic mass is 19.4. The van der Waals surface area contributed by atoms with E-state index < -0.39 is 11.7 Å². The summed E-state index contributed by atoms with van der Waals surface area (Å²) in [6.07, 6.45) is 0.0404. The summed E-state index contributed by atoms with van der Waals surface area (Å²) in [6.45, 7) is 1.55. The molecular weight excluding hydrogens is 319 g/mol. The molecule has 2 heterocycles.